The number of ether oxygens (including phenoxy) is 1. The van der Waals surface area contributed by atoms with Crippen molar-refractivity contribution in [3.8, 4) is 5.75 Å². The summed E-state index contributed by atoms with van der Waals surface area (Å²) < 4.78 is 6.03. The van der Waals surface area contributed by atoms with Gasteiger partial charge in [0.2, 0.25) is 0 Å². The number of hydrogen-bond donors (Lipinski definition) is 2. The van der Waals surface area contributed by atoms with E-state index in [0.29, 0.717) is 24.5 Å². The third-order valence-corrected chi connectivity index (χ3v) is 7.93. The Morgan fingerprint density at radius 2 is 1.93 bits per heavy atom. The summed E-state index contributed by atoms with van der Waals surface area (Å²) in [6.07, 6.45) is 8.90. The molecule has 3 heteroatoms. The Bertz CT molecular complexity index is 621. The highest BCUT2D eigenvalue weighted by Crippen LogP contribution is 2.61. The van der Waals surface area contributed by atoms with Crippen LogP contribution in [0.1, 0.15) is 70.3 Å². The van der Waals surface area contributed by atoms with Crippen molar-refractivity contribution >= 4 is 0 Å². The number of rotatable bonds is 8. The minimum atomic E-state index is -0.452. The number of aliphatic hydroxyl groups excluding tert-OH is 1. The molecule has 2 N–H and O–H groups in total. The molecule has 0 spiro atoms. The van der Waals surface area contributed by atoms with Gasteiger partial charge in [-0.1, -0.05) is 44.9 Å². The average molecular weight is 372 g/mol. The topological polar surface area (TPSA) is 41.5 Å². The summed E-state index contributed by atoms with van der Waals surface area (Å²) >= 11 is 0. The normalized spacial score (nSPS) is 30.7. The molecule has 0 radical (unpaired) electrons. The maximum Gasteiger partial charge on any atom is 0.122 e. The number of aliphatic hydroxyl groups is 1. The quantitative estimate of drug-likeness (QED) is 0.693. The van der Waals surface area contributed by atoms with Crippen molar-refractivity contribution in [2.75, 3.05) is 19.7 Å². The molecule has 5 rings (SSSR count). The van der Waals surface area contributed by atoms with Crippen molar-refractivity contribution < 1.29 is 9.84 Å². The van der Waals surface area contributed by atoms with Gasteiger partial charge in [0.1, 0.15) is 18.5 Å². The standard InChI is InChI=1S/C24H37NO2/c1-24(2)19-12-11-18(22(24)13-19)14-25-15-20(26)16-27-23-10-6-5-9-21(23)17-7-3-4-8-17/h5-6,9-10,17-20,22,25-26H,3-4,7-8,11-16H2,1-2H3. The molecule has 0 amide bonds. The van der Waals surface area contributed by atoms with Crippen LogP contribution in [0.3, 0.4) is 0 Å². The van der Waals surface area contributed by atoms with Crippen LogP contribution in [0, 0.1) is 23.2 Å². The van der Waals surface area contributed by atoms with E-state index < -0.39 is 6.10 Å². The van der Waals surface area contributed by atoms with Gasteiger partial charge in [0.25, 0.3) is 0 Å². The van der Waals surface area contributed by atoms with E-state index in [2.05, 4.69) is 37.4 Å². The second kappa shape index (κ2) is 8.13. The van der Waals surface area contributed by atoms with E-state index in [9.17, 15) is 5.11 Å². The van der Waals surface area contributed by atoms with E-state index >= 15 is 0 Å². The lowest BCUT2D eigenvalue weighted by atomic mass is 9.45. The van der Waals surface area contributed by atoms with Crippen LogP contribution in [-0.2, 0) is 0 Å². The fraction of sp³-hybridized carbons (Fsp3) is 0.750. The van der Waals surface area contributed by atoms with E-state index in [-0.39, 0.29) is 0 Å². The highest BCUT2D eigenvalue weighted by Gasteiger charge is 2.53. The minimum Gasteiger partial charge on any atom is -0.491 e. The summed E-state index contributed by atoms with van der Waals surface area (Å²) in [5.74, 6) is 4.21. The van der Waals surface area contributed by atoms with Gasteiger partial charge in [-0.05, 0) is 79.4 Å². The molecular weight excluding hydrogens is 334 g/mol. The SMILES string of the molecule is CC1(C)C2CCC(CNCC(O)COc3ccccc3C3CCCC3)C1C2. The van der Waals surface area contributed by atoms with Crippen molar-refractivity contribution in [2.24, 2.45) is 23.2 Å². The molecule has 0 aromatic heterocycles. The van der Waals surface area contributed by atoms with Gasteiger partial charge < -0.3 is 15.2 Å². The minimum absolute atomic E-state index is 0.373. The van der Waals surface area contributed by atoms with Gasteiger partial charge in [-0.2, -0.15) is 0 Å². The van der Waals surface area contributed by atoms with E-state index in [1.165, 1.54) is 50.5 Å². The smallest absolute Gasteiger partial charge is 0.122 e. The van der Waals surface area contributed by atoms with Crippen LogP contribution in [0.2, 0.25) is 0 Å². The Labute approximate surface area is 164 Å². The Kier molecular flexibility index (Phi) is 5.80. The summed E-state index contributed by atoms with van der Waals surface area (Å²) in [6, 6.07) is 8.40. The highest BCUT2D eigenvalue weighted by atomic mass is 16.5. The number of para-hydroxylation sites is 1. The third kappa shape index (κ3) is 4.05. The molecule has 4 aliphatic carbocycles. The molecule has 0 saturated heterocycles. The van der Waals surface area contributed by atoms with Crippen LogP contribution in [0.4, 0.5) is 0 Å². The van der Waals surface area contributed by atoms with Gasteiger partial charge in [0.15, 0.2) is 0 Å². The van der Waals surface area contributed by atoms with Crippen LogP contribution in [0.15, 0.2) is 24.3 Å². The third-order valence-electron chi connectivity index (χ3n) is 7.93. The van der Waals surface area contributed by atoms with Gasteiger partial charge in [-0.25, -0.2) is 0 Å². The summed E-state index contributed by atoms with van der Waals surface area (Å²) in [4.78, 5) is 0. The van der Waals surface area contributed by atoms with Crippen LogP contribution < -0.4 is 10.1 Å². The van der Waals surface area contributed by atoms with E-state index in [4.69, 9.17) is 4.74 Å². The molecule has 4 saturated carbocycles. The molecule has 1 aromatic rings. The van der Waals surface area contributed by atoms with Crippen molar-refractivity contribution in [3.63, 3.8) is 0 Å². The Balaban J connectivity index is 1.21. The number of hydrogen-bond acceptors (Lipinski definition) is 3. The number of fused-ring (bicyclic) bond motifs is 2. The lowest BCUT2D eigenvalue weighted by molar-refractivity contribution is -0.104. The summed E-state index contributed by atoms with van der Waals surface area (Å²) in [7, 11) is 0. The van der Waals surface area contributed by atoms with Crippen molar-refractivity contribution in [3.05, 3.63) is 29.8 Å². The molecule has 150 valence electrons. The van der Waals surface area contributed by atoms with Gasteiger partial charge in [-0.3, -0.25) is 0 Å². The van der Waals surface area contributed by atoms with Crippen molar-refractivity contribution in [1.82, 2.24) is 5.32 Å². The van der Waals surface area contributed by atoms with Gasteiger partial charge in [0.05, 0.1) is 0 Å². The first-order valence-electron chi connectivity index (χ1n) is 11.2. The van der Waals surface area contributed by atoms with E-state index in [1.54, 1.807) is 0 Å². The zero-order valence-corrected chi connectivity index (χ0v) is 17.1. The molecule has 0 aliphatic heterocycles. The molecule has 4 atom stereocenters. The lowest BCUT2D eigenvalue weighted by Gasteiger charge is -2.60. The first-order valence-corrected chi connectivity index (χ1v) is 11.2. The monoisotopic (exact) mass is 371 g/mol. The fourth-order valence-corrected chi connectivity index (χ4v) is 6.07. The molecule has 4 aliphatic rings. The van der Waals surface area contributed by atoms with Crippen molar-refractivity contribution in [1.29, 1.82) is 0 Å². The molecule has 4 unspecified atom stereocenters. The van der Waals surface area contributed by atoms with Crippen LogP contribution in [-0.4, -0.2) is 30.9 Å². The summed E-state index contributed by atoms with van der Waals surface area (Å²) in [5, 5.41) is 13.9. The van der Waals surface area contributed by atoms with Crippen LogP contribution in [0.5, 0.6) is 5.75 Å². The maximum absolute atomic E-state index is 10.4. The first-order chi connectivity index (χ1) is 13.1. The summed E-state index contributed by atoms with van der Waals surface area (Å²) in [5.41, 5.74) is 1.87. The lowest BCUT2D eigenvalue weighted by Crippen LogP contribution is -2.54. The molecule has 27 heavy (non-hydrogen) atoms. The first kappa shape index (κ1) is 19.3. The Morgan fingerprint density at radius 3 is 2.67 bits per heavy atom. The predicted molar refractivity (Wildman–Crippen MR) is 110 cm³/mol. The highest BCUT2D eigenvalue weighted by molar-refractivity contribution is 5.36. The summed E-state index contributed by atoms with van der Waals surface area (Å²) in [6.45, 7) is 6.93. The van der Waals surface area contributed by atoms with E-state index in [1.807, 2.05) is 6.07 Å². The second-order valence-electron chi connectivity index (χ2n) is 9.84. The predicted octanol–water partition coefficient (Wildman–Crippen LogP) is 4.75. The Morgan fingerprint density at radius 1 is 1.15 bits per heavy atom. The molecule has 2 bridgehead atoms. The Hall–Kier alpha value is -1.06. The van der Waals surface area contributed by atoms with E-state index in [0.717, 1.165) is 30.0 Å². The molecule has 4 fully saturated rings. The maximum atomic E-state index is 10.4. The average Bonchev–Trinajstić information content (AvgIpc) is 3.21. The number of benzene rings is 1. The fourth-order valence-electron chi connectivity index (χ4n) is 6.07. The molecule has 1 aromatic carbocycles. The van der Waals surface area contributed by atoms with Crippen LogP contribution in [0.25, 0.3) is 0 Å². The largest absolute Gasteiger partial charge is 0.491 e. The van der Waals surface area contributed by atoms with Gasteiger partial charge >= 0.3 is 0 Å². The van der Waals surface area contributed by atoms with Crippen LogP contribution >= 0.6 is 0 Å². The van der Waals surface area contributed by atoms with Crippen molar-refractivity contribution in [2.45, 2.75) is 70.8 Å². The molecule has 0 heterocycles. The van der Waals surface area contributed by atoms with Gasteiger partial charge in [-0.15, -0.1) is 0 Å². The van der Waals surface area contributed by atoms with Gasteiger partial charge in [0, 0.05) is 6.54 Å². The zero-order chi connectivity index (χ0) is 18.9. The molecule has 3 nitrogen and oxygen atoms in total. The molecular formula is C24H37NO2. The zero-order valence-electron chi connectivity index (χ0n) is 17.1. The second-order valence-corrected chi connectivity index (χ2v) is 9.84. The number of nitrogens with one attached hydrogen (secondary N) is 1.